The van der Waals surface area contributed by atoms with E-state index in [1.165, 1.54) is 31.4 Å². The third-order valence-corrected chi connectivity index (χ3v) is 6.32. The number of rotatable bonds is 8. The maximum Gasteiger partial charge on any atom is 0.171 e. The summed E-state index contributed by atoms with van der Waals surface area (Å²) in [6, 6.07) is 6.95. The molecule has 0 radical (unpaired) electrons. The number of hydrogen-bond donors (Lipinski definition) is 1. The Hall–Kier alpha value is -1.99. The van der Waals surface area contributed by atoms with Crippen LogP contribution in [0.5, 0.6) is 0 Å². The third kappa shape index (κ3) is 5.14. The van der Waals surface area contributed by atoms with Crippen molar-refractivity contribution < 1.29 is 0 Å². The van der Waals surface area contributed by atoms with Crippen LogP contribution in [0, 0.1) is 0 Å². The van der Waals surface area contributed by atoms with Gasteiger partial charge in [-0.2, -0.15) is 5.10 Å². The highest BCUT2D eigenvalue weighted by Gasteiger charge is 2.17. The smallest absolute Gasteiger partial charge is 0.171 e. The van der Waals surface area contributed by atoms with Crippen molar-refractivity contribution in [1.82, 2.24) is 24.5 Å². The van der Waals surface area contributed by atoms with Gasteiger partial charge in [-0.1, -0.05) is 12.5 Å². The molecule has 29 heavy (non-hydrogen) atoms. The fourth-order valence-electron chi connectivity index (χ4n) is 4.07. The standard InChI is InChI=1S/C22H29BrN6/c1-17-6-2-3-12-28(17)13-5-11-25-21-14-19(9-8-18-7-4-10-24-15-18)29-22(27-21)20(23)16-26-29/h4,7,10,14-17H,2-3,5-6,8-9,11-13H2,1H3,(H,25,27). The molecule has 4 heterocycles. The summed E-state index contributed by atoms with van der Waals surface area (Å²) >= 11 is 3.58. The van der Waals surface area contributed by atoms with Crippen molar-refractivity contribution in [2.75, 3.05) is 25.0 Å². The van der Waals surface area contributed by atoms with Crippen molar-refractivity contribution in [2.24, 2.45) is 0 Å². The molecule has 4 rings (SSSR count). The fourth-order valence-corrected chi connectivity index (χ4v) is 4.42. The second-order valence-corrected chi connectivity index (χ2v) is 8.74. The first-order chi connectivity index (χ1) is 14.2. The summed E-state index contributed by atoms with van der Waals surface area (Å²) in [7, 11) is 0. The summed E-state index contributed by atoms with van der Waals surface area (Å²) < 4.78 is 2.85. The van der Waals surface area contributed by atoms with Gasteiger partial charge in [-0.3, -0.25) is 4.98 Å². The summed E-state index contributed by atoms with van der Waals surface area (Å²) in [5, 5.41) is 8.03. The van der Waals surface area contributed by atoms with Gasteiger partial charge in [0.1, 0.15) is 5.82 Å². The van der Waals surface area contributed by atoms with Crippen molar-refractivity contribution in [3.05, 3.63) is 52.5 Å². The molecule has 0 spiro atoms. The molecule has 1 unspecified atom stereocenters. The molecule has 3 aromatic heterocycles. The predicted octanol–water partition coefficient (Wildman–Crippen LogP) is 4.35. The Morgan fingerprint density at radius 3 is 3.00 bits per heavy atom. The third-order valence-electron chi connectivity index (χ3n) is 5.76. The Balaban J connectivity index is 1.40. The highest BCUT2D eigenvalue weighted by atomic mass is 79.9. The summed E-state index contributed by atoms with van der Waals surface area (Å²) in [5.74, 6) is 0.923. The molecule has 0 amide bonds. The molecule has 0 aliphatic carbocycles. The molecule has 0 bridgehead atoms. The lowest BCUT2D eigenvalue weighted by molar-refractivity contribution is 0.160. The lowest BCUT2D eigenvalue weighted by Crippen LogP contribution is -2.38. The van der Waals surface area contributed by atoms with Gasteiger partial charge in [-0.15, -0.1) is 0 Å². The molecule has 1 fully saturated rings. The maximum absolute atomic E-state index is 4.77. The first kappa shape index (κ1) is 20.3. The minimum absolute atomic E-state index is 0.722. The topological polar surface area (TPSA) is 58.4 Å². The van der Waals surface area contributed by atoms with E-state index in [4.69, 9.17) is 4.98 Å². The lowest BCUT2D eigenvalue weighted by Gasteiger charge is -2.33. The molecule has 0 saturated carbocycles. The zero-order chi connectivity index (χ0) is 20.1. The van der Waals surface area contributed by atoms with E-state index in [0.29, 0.717) is 0 Å². The van der Waals surface area contributed by atoms with E-state index < -0.39 is 0 Å². The molecular formula is C22H29BrN6. The minimum atomic E-state index is 0.722. The van der Waals surface area contributed by atoms with E-state index in [-0.39, 0.29) is 0 Å². The van der Waals surface area contributed by atoms with E-state index in [9.17, 15) is 0 Å². The van der Waals surface area contributed by atoms with Crippen LogP contribution in [-0.4, -0.2) is 50.2 Å². The van der Waals surface area contributed by atoms with Crippen LogP contribution >= 0.6 is 15.9 Å². The number of piperidine rings is 1. The van der Waals surface area contributed by atoms with E-state index >= 15 is 0 Å². The number of anilines is 1. The van der Waals surface area contributed by atoms with Crippen molar-refractivity contribution in [3.63, 3.8) is 0 Å². The van der Waals surface area contributed by atoms with Gasteiger partial charge in [0.25, 0.3) is 0 Å². The Bertz CT molecular complexity index is 926. The zero-order valence-corrected chi connectivity index (χ0v) is 18.6. The van der Waals surface area contributed by atoms with Crippen LogP contribution in [-0.2, 0) is 12.8 Å². The normalized spacial score (nSPS) is 17.7. The quantitative estimate of drug-likeness (QED) is 0.510. The van der Waals surface area contributed by atoms with Gasteiger partial charge in [0, 0.05) is 43.3 Å². The van der Waals surface area contributed by atoms with Crippen LogP contribution in [0.4, 0.5) is 5.82 Å². The van der Waals surface area contributed by atoms with Gasteiger partial charge < -0.3 is 10.2 Å². The molecule has 1 atom stereocenters. The summed E-state index contributed by atoms with van der Waals surface area (Å²) in [5.41, 5.74) is 3.24. The van der Waals surface area contributed by atoms with Crippen molar-refractivity contribution in [2.45, 2.75) is 51.5 Å². The number of nitrogens with zero attached hydrogens (tertiary/aromatic N) is 5. The molecule has 1 aliphatic rings. The second kappa shape index (κ2) is 9.67. The van der Waals surface area contributed by atoms with Gasteiger partial charge in [0.2, 0.25) is 0 Å². The Morgan fingerprint density at radius 2 is 2.17 bits per heavy atom. The first-order valence-electron chi connectivity index (χ1n) is 10.6. The molecule has 3 aromatic rings. The van der Waals surface area contributed by atoms with Crippen LogP contribution in [0.3, 0.4) is 0 Å². The Labute approximate surface area is 180 Å². The van der Waals surface area contributed by atoms with E-state index in [2.05, 4.69) is 55.3 Å². The number of aromatic nitrogens is 4. The zero-order valence-electron chi connectivity index (χ0n) is 17.0. The molecule has 0 aromatic carbocycles. The number of pyridine rings is 1. The van der Waals surface area contributed by atoms with Gasteiger partial charge >= 0.3 is 0 Å². The maximum atomic E-state index is 4.77. The molecule has 1 aliphatic heterocycles. The monoisotopic (exact) mass is 456 g/mol. The van der Waals surface area contributed by atoms with Gasteiger partial charge in [0.15, 0.2) is 5.65 Å². The number of fused-ring (bicyclic) bond motifs is 1. The second-order valence-electron chi connectivity index (χ2n) is 7.88. The molecular weight excluding hydrogens is 428 g/mol. The molecule has 1 saturated heterocycles. The Kier molecular flexibility index (Phi) is 6.77. The molecule has 7 heteroatoms. The fraction of sp³-hybridized carbons (Fsp3) is 0.500. The van der Waals surface area contributed by atoms with Crippen molar-refractivity contribution in [3.8, 4) is 0 Å². The molecule has 1 N–H and O–H groups in total. The first-order valence-corrected chi connectivity index (χ1v) is 11.4. The van der Waals surface area contributed by atoms with Crippen LogP contribution in [0.25, 0.3) is 5.65 Å². The van der Waals surface area contributed by atoms with E-state index in [0.717, 1.165) is 60.0 Å². The van der Waals surface area contributed by atoms with Crippen molar-refractivity contribution in [1.29, 1.82) is 0 Å². The SMILES string of the molecule is CC1CCCCN1CCCNc1cc(CCc2cccnc2)n2ncc(Br)c2n1. The number of halogens is 1. The van der Waals surface area contributed by atoms with E-state index in [1.807, 2.05) is 29.2 Å². The summed E-state index contributed by atoms with van der Waals surface area (Å²) in [4.78, 5) is 11.6. The summed E-state index contributed by atoms with van der Waals surface area (Å²) in [6.07, 6.45) is 12.5. The largest absolute Gasteiger partial charge is 0.370 e. The average molecular weight is 457 g/mol. The van der Waals surface area contributed by atoms with Crippen molar-refractivity contribution >= 4 is 27.4 Å². The lowest BCUT2D eigenvalue weighted by atomic mass is 10.0. The minimum Gasteiger partial charge on any atom is -0.370 e. The van der Waals surface area contributed by atoms with Gasteiger partial charge in [0.05, 0.1) is 10.7 Å². The van der Waals surface area contributed by atoms with Gasteiger partial charge in [-0.05, 0) is 73.1 Å². The number of hydrogen-bond acceptors (Lipinski definition) is 5. The van der Waals surface area contributed by atoms with Gasteiger partial charge in [-0.25, -0.2) is 9.50 Å². The highest BCUT2D eigenvalue weighted by molar-refractivity contribution is 9.10. The van der Waals surface area contributed by atoms with Crippen LogP contribution in [0.15, 0.2) is 41.3 Å². The summed E-state index contributed by atoms with van der Waals surface area (Å²) in [6.45, 7) is 5.68. The molecule has 154 valence electrons. The number of nitrogens with one attached hydrogen (secondary N) is 1. The number of likely N-dealkylation sites (tertiary alicyclic amines) is 1. The van der Waals surface area contributed by atoms with Crippen LogP contribution in [0.1, 0.15) is 43.9 Å². The van der Waals surface area contributed by atoms with E-state index in [1.54, 1.807) is 0 Å². The average Bonchev–Trinajstić information content (AvgIpc) is 3.12. The predicted molar refractivity (Wildman–Crippen MR) is 120 cm³/mol. The van der Waals surface area contributed by atoms with Crippen LogP contribution in [0.2, 0.25) is 0 Å². The number of aryl methyl sites for hydroxylation is 2. The van der Waals surface area contributed by atoms with Crippen LogP contribution < -0.4 is 5.32 Å². The molecule has 6 nitrogen and oxygen atoms in total. The highest BCUT2D eigenvalue weighted by Crippen LogP contribution is 2.21. The Morgan fingerprint density at radius 1 is 1.24 bits per heavy atom.